The van der Waals surface area contributed by atoms with Crippen LogP contribution in [0.4, 0.5) is 14.9 Å². The Labute approximate surface area is 132 Å². The molecule has 1 aromatic rings. The maximum atomic E-state index is 13.9. The zero-order valence-corrected chi connectivity index (χ0v) is 12.4. The average Bonchev–Trinajstić information content (AvgIpc) is 2.90. The monoisotopic (exact) mass is 320 g/mol. The number of fused-ring (bicyclic) bond motifs is 1. The van der Waals surface area contributed by atoms with Crippen LogP contribution in [-0.4, -0.2) is 53.3 Å². The highest BCUT2D eigenvalue weighted by Gasteiger charge is 2.36. The van der Waals surface area contributed by atoms with Crippen LogP contribution in [-0.2, 0) is 4.79 Å². The van der Waals surface area contributed by atoms with Crippen LogP contribution >= 0.6 is 0 Å². The maximum absolute atomic E-state index is 13.9. The molecule has 3 N–H and O–H groups in total. The number of anilines is 1. The Morgan fingerprint density at radius 3 is 2.78 bits per heavy atom. The number of hydrogen-bond donors (Lipinski definition) is 2. The minimum absolute atomic E-state index is 0.00933. The van der Waals surface area contributed by atoms with Gasteiger partial charge in [-0.1, -0.05) is 0 Å². The van der Waals surface area contributed by atoms with E-state index in [9.17, 15) is 18.8 Å². The number of hydrogen-bond acceptors (Lipinski definition) is 3. The van der Waals surface area contributed by atoms with Crippen LogP contribution in [0.3, 0.4) is 0 Å². The number of nitrogens with one attached hydrogen (secondary N) is 1. The summed E-state index contributed by atoms with van der Waals surface area (Å²) in [7, 11) is 0. The summed E-state index contributed by atoms with van der Waals surface area (Å²) in [4.78, 5) is 38.3. The zero-order valence-electron chi connectivity index (χ0n) is 12.4. The molecule has 8 heteroatoms. The second-order valence-corrected chi connectivity index (χ2v) is 5.71. The number of amides is 4. The van der Waals surface area contributed by atoms with E-state index in [1.807, 2.05) is 0 Å². The van der Waals surface area contributed by atoms with E-state index in [0.29, 0.717) is 26.1 Å². The Bertz CT molecular complexity index is 679. The fraction of sp³-hybridized carbons (Fsp3) is 0.400. The molecule has 2 aliphatic rings. The molecule has 0 radical (unpaired) electrons. The summed E-state index contributed by atoms with van der Waals surface area (Å²) in [6.45, 7) is 1.35. The Balaban J connectivity index is 1.66. The number of urea groups is 1. The van der Waals surface area contributed by atoms with E-state index in [0.717, 1.165) is 12.5 Å². The van der Waals surface area contributed by atoms with Gasteiger partial charge in [-0.2, -0.15) is 0 Å². The lowest BCUT2D eigenvalue weighted by Gasteiger charge is -2.37. The smallest absolute Gasteiger partial charge is 0.322 e. The SMILES string of the molecule is NC(=O)c1ccc(NC(=O)N2CCN3C(=O)CCC3C2)c(F)c1. The maximum Gasteiger partial charge on any atom is 0.322 e. The first-order valence-corrected chi connectivity index (χ1v) is 7.40. The van der Waals surface area contributed by atoms with Crippen molar-refractivity contribution in [2.45, 2.75) is 18.9 Å². The zero-order chi connectivity index (χ0) is 16.6. The highest BCUT2D eigenvalue weighted by atomic mass is 19.1. The summed E-state index contributed by atoms with van der Waals surface area (Å²) in [5.74, 6) is -1.32. The van der Waals surface area contributed by atoms with Crippen molar-refractivity contribution in [3.8, 4) is 0 Å². The Hall–Kier alpha value is -2.64. The quantitative estimate of drug-likeness (QED) is 0.842. The number of carbonyl (C=O) groups is 3. The van der Waals surface area contributed by atoms with E-state index in [-0.39, 0.29) is 23.2 Å². The third-order valence-corrected chi connectivity index (χ3v) is 4.28. The van der Waals surface area contributed by atoms with Gasteiger partial charge in [-0.05, 0) is 24.6 Å². The summed E-state index contributed by atoms with van der Waals surface area (Å²) in [6, 6.07) is 3.28. The van der Waals surface area contributed by atoms with Gasteiger partial charge in [-0.25, -0.2) is 9.18 Å². The predicted octanol–water partition coefficient (Wildman–Crippen LogP) is 0.763. The summed E-state index contributed by atoms with van der Waals surface area (Å²) < 4.78 is 13.9. The van der Waals surface area contributed by atoms with Crippen LogP contribution in [0.25, 0.3) is 0 Å². The summed E-state index contributed by atoms with van der Waals surface area (Å²) in [6.07, 6.45) is 1.26. The Kier molecular flexibility index (Phi) is 3.89. The van der Waals surface area contributed by atoms with Gasteiger partial charge < -0.3 is 20.9 Å². The lowest BCUT2D eigenvalue weighted by molar-refractivity contribution is -0.130. The fourth-order valence-corrected chi connectivity index (χ4v) is 3.01. The fourth-order valence-electron chi connectivity index (χ4n) is 3.01. The number of rotatable bonds is 2. The normalized spacial score (nSPS) is 20.4. The van der Waals surface area contributed by atoms with Crippen molar-refractivity contribution >= 4 is 23.5 Å². The van der Waals surface area contributed by atoms with Crippen LogP contribution in [0, 0.1) is 5.82 Å². The van der Waals surface area contributed by atoms with Crippen LogP contribution in [0.15, 0.2) is 18.2 Å². The van der Waals surface area contributed by atoms with Gasteiger partial charge in [0.15, 0.2) is 0 Å². The number of nitrogens with zero attached hydrogens (tertiary/aromatic N) is 2. The number of piperazine rings is 1. The molecule has 1 unspecified atom stereocenters. The van der Waals surface area contributed by atoms with Crippen LogP contribution in [0.1, 0.15) is 23.2 Å². The number of benzene rings is 1. The van der Waals surface area contributed by atoms with E-state index < -0.39 is 17.8 Å². The molecule has 1 atom stereocenters. The molecular formula is C15H17FN4O3. The number of carbonyl (C=O) groups excluding carboxylic acids is 3. The largest absolute Gasteiger partial charge is 0.366 e. The topological polar surface area (TPSA) is 95.7 Å². The highest BCUT2D eigenvalue weighted by molar-refractivity contribution is 5.94. The van der Waals surface area contributed by atoms with E-state index in [4.69, 9.17) is 5.73 Å². The number of halogens is 1. The molecule has 4 amide bonds. The van der Waals surface area contributed by atoms with E-state index in [1.54, 1.807) is 9.80 Å². The van der Waals surface area contributed by atoms with Gasteiger partial charge >= 0.3 is 6.03 Å². The molecular weight excluding hydrogens is 303 g/mol. The van der Waals surface area contributed by atoms with Crippen molar-refractivity contribution in [2.75, 3.05) is 25.0 Å². The van der Waals surface area contributed by atoms with Crippen LogP contribution < -0.4 is 11.1 Å². The molecule has 2 saturated heterocycles. The highest BCUT2D eigenvalue weighted by Crippen LogP contribution is 2.23. The Morgan fingerprint density at radius 1 is 1.30 bits per heavy atom. The van der Waals surface area contributed by atoms with Crippen molar-refractivity contribution in [1.29, 1.82) is 0 Å². The van der Waals surface area contributed by atoms with Crippen LogP contribution in [0.2, 0.25) is 0 Å². The first kappa shape index (κ1) is 15.3. The Morgan fingerprint density at radius 2 is 2.09 bits per heavy atom. The average molecular weight is 320 g/mol. The van der Waals surface area contributed by atoms with Crippen molar-refractivity contribution in [3.05, 3.63) is 29.6 Å². The molecule has 2 fully saturated rings. The molecule has 23 heavy (non-hydrogen) atoms. The second-order valence-electron chi connectivity index (χ2n) is 5.71. The molecule has 1 aromatic carbocycles. The van der Waals surface area contributed by atoms with E-state index in [1.165, 1.54) is 12.1 Å². The molecule has 3 rings (SSSR count). The third-order valence-electron chi connectivity index (χ3n) is 4.28. The van der Waals surface area contributed by atoms with Gasteiger partial charge in [0.1, 0.15) is 5.82 Å². The molecule has 0 aliphatic carbocycles. The number of nitrogens with two attached hydrogens (primary N) is 1. The molecule has 0 spiro atoms. The summed E-state index contributed by atoms with van der Waals surface area (Å²) >= 11 is 0. The predicted molar refractivity (Wildman–Crippen MR) is 80.2 cm³/mol. The summed E-state index contributed by atoms with van der Waals surface area (Å²) in [5.41, 5.74) is 5.11. The lowest BCUT2D eigenvalue weighted by Crippen LogP contribution is -2.54. The van der Waals surface area contributed by atoms with Crippen molar-refractivity contribution in [3.63, 3.8) is 0 Å². The van der Waals surface area contributed by atoms with Crippen molar-refractivity contribution in [1.82, 2.24) is 9.80 Å². The third kappa shape index (κ3) is 2.96. The molecule has 0 bridgehead atoms. The molecule has 2 aliphatic heterocycles. The van der Waals surface area contributed by atoms with E-state index >= 15 is 0 Å². The first-order valence-electron chi connectivity index (χ1n) is 7.40. The molecule has 7 nitrogen and oxygen atoms in total. The summed E-state index contributed by atoms with van der Waals surface area (Å²) in [5, 5.41) is 2.49. The molecule has 0 aromatic heterocycles. The number of primary amides is 1. The van der Waals surface area contributed by atoms with Gasteiger partial charge in [-0.3, -0.25) is 9.59 Å². The lowest BCUT2D eigenvalue weighted by atomic mass is 10.1. The van der Waals surface area contributed by atoms with Gasteiger partial charge in [0.25, 0.3) is 0 Å². The van der Waals surface area contributed by atoms with Gasteiger partial charge in [0.2, 0.25) is 11.8 Å². The van der Waals surface area contributed by atoms with Gasteiger partial charge in [-0.15, -0.1) is 0 Å². The van der Waals surface area contributed by atoms with Crippen molar-refractivity contribution < 1.29 is 18.8 Å². The van der Waals surface area contributed by atoms with Gasteiger partial charge in [0, 0.05) is 37.7 Å². The van der Waals surface area contributed by atoms with Gasteiger partial charge in [0.05, 0.1) is 5.69 Å². The molecule has 122 valence electrons. The van der Waals surface area contributed by atoms with Crippen LogP contribution in [0.5, 0.6) is 0 Å². The molecule has 0 saturated carbocycles. The van der Waals surface area contributed by atoms with E-state index in [2.05, 4.69) is 5.32 Å². The molecule has 2 heterocycles. The first-order chi connectivity index (χ1) is 11.0. The second kappa shape index (κ2) is 5.86. The minimum Gasteiger partial charge on any atom is -0.366 e. The standard InChI is InChI=1S/C15H17FN4O3/c16-11-7-9(14(17)22)1-3-12(11)18-15(23)19-5-6-20-10(8-19)2-4-13(20)21/h1,3,7,10H,2,4-6,8H2,(H2,17,22)(H,18,23). The van der Waals surface area contributed by atoms with Crippen molar-refractivity contribution in [2.24, 2.45) is 5.73 Å². The minimum atomic E-state index is -0.733.